The van der Waals surface area contributed by atoms with Crippen LogP contribution in [0.5, 0.6) is 0 Å². The SMILES string of the molecule is C#CCn1cc(C)c2c(N)ncnc21. The second-order valence-electron chi connectivity index (χ2n) is 3.10. The van der Waals surface area contributed by atoms with Crippen LogP contribution in [0.25, 0.3) is 11.0 Å². The Hall–Kier alpha value is -2.02. The Morgan fingerprint density at radius 1 is 1.57 bits per heavy atom. The van der Waals surface area contributed by atoms with Crippen LogP contribution in [0.2, 0.25) is 0 Å². The van der Waals surface area contributed by atoms with Gasteiger partial charge in [-0.25, -0.2) is 9.97 Å². The van der Waals surface area contributed by atoms with Gasteiger partial charge in [-0.05, 0) is 12.5 Å². The van der Waals surface area contributed by atoms with Gasteiger partial charge in [-0.2, -0.15) is 0 Å². The van der Waals surface area contributed by atoms with Crippen molar-refractivity contribution in [2.45, 2.75) is 13.5 Å². The molecule has 0 bridgehead atoms. The number of rotatable bonds is 1. The number of nitrogens with two attached hydrogens (primary N) is 1. The minimum atomic E-state index is 0.501. The highest BCUT2D eigenvalue weighted by Gasteiger charge is 2.08. The highest BCUT2D eigenvalue weighted by atomic mass is 15.1. The first-order valence-corrected chi connectivity index (χ1v) is 4.23. The van der Waals surface area contributed by atoms with E-state index in [9.17, 15) is 0 Å². The molecule has 0 fully saturated rings. The highest BCUT2D eigenvalue weighted by molar-refractivity contribution is 5.89. The first-order valence-electron chi connectivity index (χ1n) is 4.23. The number of hydrogen-bond donors (Lipinski definition) is 1. The molecule has 0 aromatic carbocycles. The molecular weight excluding hydrogens is 176 g/mol. The van der Waals surface area contributed by atoms with Crippen molar-refractivity contribution in [2.24, 2.45) is 0 Å². The summed E-state index contributed by atoms with van der Waals surface area (Å²) in [6.07, 6.45) is 8.64. The molecule has 2 aromatic heterocycles. The third-order valence-corrected chi connectivity index (χ3v) is 2.13. The number of terminal acetylenes is 1. The predicted octanol–water partition coefficient (Wildman–Crippen LogP) is 0.955. The lowest BCUT2D eigenvalue weighted by atomic mass is 10.2. The van der Waals surface area contributed by atoms with Crippen LogP contribution in [0.1, 0.15) is 5.56 Å². The van der Waals surface area contributed by atoms with E-state index in [1.165, 1.54) is 6.33 Å². The van der Waals surface area contributed by atoms with E-state index in [1.807, 2.05) is 17.7 Å². The molecule has 0 aliphatic carbocycles. The largest absolute Gasteiger partial charge is 0.383 e. The summed E-state index contributed by atoms with van der Waals surface area (Å²) in [6.45, 7) is 2.47. The summed E-state index contributed by atoms with van der Waals surface area (Å²) in [6, 6.07) is 0. The maximum Gasteiger partial charge on any atom is 0.146 e. The normalized spacial score (nSPS) is 10.3. The van der Waals surface area contributed by atoms with Gasteiger partial charge in [0.15, 0.2) is 0 Å². The summed E-state index contributed by atoms with van der Waals surface area (Å²) in [5.41, 5.74) is 7.60. The molecule has 14 heavy (non-hydrogen) atoms. The van der Waals surface area contributed by atoms with Gasteiger partial charge in [-0.15, -0.1) is 6.42 Å². The van der Waals surface area contributed by atoms with Gasteiger partial charge in [-0.1, -0.05) is 5.92 Å². The number of aryl methyl sites for hydroxylation is 1. The van der Waals surface area contributed by atoms with Crippen LogP contribution in [0.4, 0.5) is 5.82 Å². The molecule has 0 radical (unpaired) electrons. The monoisotopic (exact) mass is 186 g/mol. The fraction of sp³-hybridized carbons (Fsp3) is 0.200. The number of nitrogen functional groups attached to an aromatic ring is 1. The van der Waals surface area contributed by atoms with Gasteiger partial charge < -0.3 is 10.3 Å². The quantitative estimate of drug-likeness (QED) is 0.675. The Morgan fingerprint density at radius 3 is 3.07 bits per heavy atom. The topological polar surface area (TPSA) is 56.7 Å². The molecule has 0 aliphatic rings. The van der Waals surface area contributed by atoms with E-state index in [2.05, 4.69) is 15.9 Å². The molecule has 0 unspecified atom stereocenters. The second-order valence-corrected chi connectivity index (χ2v) is 3.10. The van der Waals surface area contributed by atoms with E-state index in [4.69, 9.17) is 12.2 Å². The molecule has 0 spiro atoms. The van der Waals surface area contributed by atoms with Crippen LogP contribution < -0.4 is 5.73 Å². The summed E-state index contributed by atoms with van der Waals surface area (Å²) in [5.74, 6) is 3.07. The highest BCUT2D eigenvalue weighted by Crippen LogP contribution is 2.22. The minimum Gasteiger partial charge on any atom is -0.383 e. The maximum atomic E-state index is 5.75. The number of fused-ring (bicyclic) bond motifs is 1. The van der Waals surface area contributed by atoms with Crippen molar-refractivity contribution >= 4 is 16.9 Å². The molecule has 4 heteroatoms. The second kappa shape index (κ2) is 3.04. The standard InChI is InChI=1S/C10H10N4/c1-3-4-14-5-7(2)8-9(11)12-6-13-10(8)14/h1,5-6H,4H2,2H3,(H2,11,12,13). The molecule has 4 nitrogen and oxygen atoms in total. The van der Waals surface area contributed by atoms with Gasteiger partial charge >= 0.3 is 0 Å². The molecule has 0 amide bonds. The summed E-state index contributed by atoms with van der Waals surface area (Å²) < 4.78 is 1.89. The van der Waals surface area contributed by atoms with Crippen LogP contribution >= 0.6 is 0 Å². The Balaban J connectivity index is 2.79. The van der Waals surface area contributed by atoms with Crippen molar-refractivity contribution in [3.63, 3.8) is 0 Å². The van der Waals surface area contributed by atoms with Crippen LogP contribution in [-0.4, -0.2) is 14.5 Å². The third-order valence-electron chi connectivity index (χ3n) is 2.13. The number of hydrogen-bond acceptors (Lipinski definition) is 3. The Kier molecular flexibility index (Phi) is 1.86. The van der Waals surface area contributed by atoms with Gasteiger partial charge in [-0.3, -0.25) is 0 Å². The molecule has 0 saturated heterocycles. The van der Waals surface area contributed by atoms with E-state index >= 15 is 0 Å². The molecule has 2 rings (SSSR count). The lowest BCUT2D eigenvalue weighted by molar-refractivity contribution is 0.866. The van der Waals surface area contributed by atoms with Crippen LogP contribution in [-0.2, 0) is 6.54 Å². The fourth-order valence-electron chi connectivity index (χ4n) is 1.56. The maximum absolute atomic E-state index is 5.75. The van der Waals surface area contributed by atoms with Crippen molar-refractivity contribution in [1.29, 1.82) is 0 Å². The van der Waals surface area contributed by atoms with Crippen LogP contribution in [0.3, 0.4) is 0 Å². The van der Waals surface area contributed by atoms with Gasteiger partial charge in [0.25, 0.3) is 0 Å². The Labute approximate surface area is 81.8 Å². The van der Waals surface area contributed by atoms with Gasteiger partial charge in [0.05, 0.1) is 11.9 Å². The third kappa shape index (κ3) is 1.11. The molecule has 0 aliphatic heterocycles. The Morgan fingerprint density at radius 2 is 2.36 bits per heavy atom. The molecule has 70 valence electrons. The van der Waals surface area contributed by atoms with Crippen molar-refractivity contribution in [1.82, 2.24) is 14.5 Å². The number of aromatic nitrogens is 3. The lowest BCUT2D eigenvalue weighted by Crippen LogP contribution is -1.97. The lowest BCUT2D eigenvalue weighted by Gasteiger charge is -1.98. The Bertz CT molecular complexity index is 519. The van der Waals surface area contributed by atoms with Gasteiger partial charge in [0, 0.05) is 6.20 Å². The average molecular weight is 186 g/mol. The number of anilines is 1. The molecule has 2 N–H and O–H groups in total. The molecule has 2 heterocycles. The van der Waals surface area contributed by atoms with Gasteiger partial charge in [0.2, 0.25) is 0 Å². The van der Waals surface area contributed by atoms with Crippen LogP contribution in [0.15, 0.2) is 12.5 Å². The first kappa shape index (κ1) is 8.57. The van der Waals surface area contributed by atoms with Crippen molar-refractivity contribution in [3.8, 4) is 12.3 Å². The van der Waals surface area contributed by atoms with Gasteiger partial charge in [0.1, 0.15) is 17.8 Å². The summed E-state index contributed by atoms with van der Waals surface area (Å²) in [5, 5.41) is 0.891. The van der Waals surface area contributed by atoms with Crippen LogP contribution in [0, 0.1) is 19.3 Å². The smallest absolute Gasteiger partial charge is 0.146 e. The molecule has 2 aromatic rings. The van der Waals surface area contributed by atoms with E-state index < -0.39 is 0 Å². The molecular formula is C10H10N4. The number of nitrogens with zero attached hydrogens (tertiary/aromatic N) is 3. The summed E-state index contributed by atoms with van der Waals surface area (Å²) in [7, 11) is 0. The van der Waals surface area contributed by atoms with E-state index in [0.29, 0.717) is 12.4 Å². The summed E-state index contributed by atoms with van der Waals surface area (Å²) >= 11 is 0. The predicted molar refractivity (Wildman–Crippen MR) is 55.5 cm³/mol. The zero-order valence-electron chi connectivity index (χ0n) is 7.86. The van der Waals surface area contributed by atoms with Crippen molar-refractivity contribution < 1.29 is 0 Å². The van der Waals surface area contributed by atoms with E-state index in [-0.39, 0.29) is 0 Å². The van der Waals surface area contributed by atoms with Crippen molar-refractivity contribution in [2.75, 3.05) is 5.73 Å². The average Bonchev–Trinajstić information content (AvgIpc) is 2.46. The van der Waals surface area contributed by atoms with Crippen molar-refractivity contribution in [3.05, 3.63) is 18.1 Å². The summed E-state index contributed by atoms with van der Waals surface area (Å²) in [4.78, 5) is 8.10. The molecule has 0 saturated carbocycles. The minimum absolute atomic E-state index is 0.501. The van der Waals surface area contributed by atoms with E-state index in [1.54, 1.807) is 0 Å². The van der Waals surface area contributed by atoms with E-state index in [0.717, 1.165) is 16.6 Å². The zero-order valence-corrected chi connectivity index (χ0v) is 7.86. The fourth-order valence-corrected chi connectivity index (χ4v) is 1.56. The first-order chi connectivity index (χ1) is 6.74. The molecule has 0 atom stereocenters. The zero-order chi connectivity index (χ0) is 10.1.